The number of hydrogen-bond acceptors (Lipinski definition) is 7. The molecule has 5 aromatic rings. The number of rotatable bonds is 18. The highest BCUT2D eigenvalue weighted by atomic mass is 16.5. The highest BCUT2D eigenvalue weighted by molar-refractivity contribution is 5.84. The Morgan fingerprint density at radius 3 is 2.00 bits per heavy atom. The van der Waals surface area contributed by atoms with Crippen molar-refractivity contribution in [1.82, 2.24) is 35.8 Å². The largest absolute Gasteiger partial charge is 0.497 e. The summed E-state index contributed by atoms with van der Waals surface area (Å²) in [6, 6.07) is 27.3. The Balaban J connectivity index is 1.07. The molecule has 0 fully saturated rings. The number of H-pyrrole nitrogens is 1. The third-order valence-electron chi connectivity index (χ3n) is 7.58. The zero-order valence-corrected chi connectivity index (χ0v) is 25.1. The van der Waals surface area contributed by atoms with Crippen LogP contribution in [0.4, 0.5) is 0 Å². The maximum atomic E-state index is 5.34. The number of fused-ring (bicyclic) bond motifs is 1. The van der Waals surface area contributed by atoms with Gasteiger partial charge in [-0.05, 0) is 66.1 Å². The van der Waals surface area contributed by atoms with Gasteiger partial charge in [-0.3, -0.25) is 14.9 Å². The summed E-state index contributed by atoms with van der Waals surface area (Å²) in [4.78, 5) is 14.7. The molecule has 0 amide bonds. The normalized spacial score (nSPS) is 11.4. The molecule has 0 aliphatic carbocycles. The first-order chi connectivity index (χ1) is 21.3. The maximum absolute atomic E-state index is 5.34. The predicted octanol–water partition coefficient (Wildman–Crippen LogP) is 4.68. The van der Waals surface area contributed by atoms with Crippen molar-refractivity contribution < 1.29 is 4.74 Å². The highest BCUT2D eigenvalue weighted by Gasteiger charge is 2.08. The second-order valence-corrected chi connectivity index (χ2v) is 10.7. The first-order valence-electron chi connectivity index (χ1n) is 15.1. The van der Waals surface area contributed by atoms with Gasteiger partial charge in [-0.2, -0.15) is 0 Å². The Labute approximate surface area is 254 Å². The van der Waals surface area contributed by atoms with Crippen LogP contribution in [-0.4, -0.2) is 59.7 Å². The van der Waals surface area contributed by atoms with Crippen LogP contribution in [0.3, 0.4) is 0 Å². The van der Waals surface area contributed by atoms with Gasteiger partial charge in [-0.25, -0.2) is 0 Å². The number of nitrogens with one attached hydrogen (secondary N) is 4. The van der Waals surface area contributed by atoms with E-state index in [0.717, 1.165) is 88.0 Å². The van der Waals surface area contributed by atoms with E-state index in [2.05, 4.69) is 84.5 Å². The van der Waals surface area contributed by atoms with Crippen LogP contribution in [0.2, 0.25) is 0 Å². The lowest BCUT2D eigenvalue weighted by Gasteiger charge is -2.23. The molecule has 0 saturated heterocycles. The molecule has 5 rings (SSSR count). The van der Waals surface area contributed by atoms with E-state index in [-0.39, 0.29) is 0 Å². The minimum absolute atomic E-state index is 0.781. The number of benzene rings is 2. The number of aromatic amines is 1. The molecule has 0 unspecified atom stereocenters. The van der Waals surface area contributed by atoms with E-state index in [1.54, 1.807) is 7.11 Å². The van der Waals surface area contributed by atoms with Crippen molar-refractivity contribution in [3.63, 3.8) is 0 Å². The van der Waals surface area contributed by atoms with Crippen LogP contribution in [0, 0.1) is 0 Å². The Morgan fingerprint density at radius 1 is 0.721 bits per heavy atom. The summed E-state index contributed by atoms with van der Waals surface area (Å²) in [5, 5.41) is 12.0. The highest BCUT2D eigenvalue weighted by Crippen LogP contribution is 2.23. The van der Waals surface area contributed by atoms with Gasteiger partial charge in [-0.1, -0.05) is 36.4 Å². The van der Waals surface area contributed by atoms with Crippen molar-refractivity contribution >= 4 is 10.9 Å². The van der Waals surface area contributed by atoms with Gasteiger partial charge in [0.2, 0.25) is 0 Å². The third-order valence-corrected chi connectivity index (χ3v) is 7.58. The third kappa shape index (κ3) is 9.73. The molecule has 0 atom stereocenters. The summed E-state index contributed by atoms with van der Waals surface area (Å²) in [5.74, 6) is 0.875. The lowest BCUT2D eigenvalue weighted by molar-refractivity contribution is 0.263. The molecule has 2 aromatic carbocycles. The smallest absolute Gasteiger partial charge is 0.120 e. The minimum Gasteiger partial charge on any atom is -0.497 e. The molecule has 0 radical (unpaired) electrons. The van der Waals surface area contributed by atoms with Crippen LogP contribution in [-0.2, 0) is 32.6 Å². The SMILES string of the molecule is COc1ccc2c(CCNCc3ccc(CN(CCNCc4ccccn4)CCNCc4ccccn4)cc3)c[nH]c2c1. The number of nitrogens with zero attached hydrogens (tertiary/aromatic N) is 3. The van der Waals surface area contributed by atoms with E-state index in [9.17, 15) is 0 Å². The molecule has 3 aromatic heterocycles. The molecule has 0 spiro atoms. The zero-order chi connectivity index (χ0) is 29.5. The number of aromatic nitrogens is 3. The quantitative estimate of drug-likeness (QED) is 0.113. The van der Waals surface area contributed by atoms with Gasteiger partial charge in [-0.15, -0.1) is 0 Å². The first-order valence-corrected chi connectivity index (χ1v) is 15.1. The summed E-state index contributed by atoms with van der Waals surface area (Å²) in [6.07, 6.45) is 6.77. The molecule has 0 saturated carbocycles. The lowest BCUT2D eigenvalue weighted by Crippen LogP contribution is -2.36. The van der Waals surface area contributed by atoms with Gasteiger partial charge in [0.1, 0.15) is 5.75 Å². The summed E-state index contributed by atoms with van der Waals surface area (Å²) in [5.41, 5.74) is 7.20. The van der Waals surface area contributed by atoms with Crippen LogP contribution in [0.15, 0.2) is 97.5 Å². The standard InChI is InChI=1S/C35H43N7O/c1-43-33-12-13-34-30(24-41-35(34)22-33)14-17-36-23-28-8-10-29(11-9-28)27-42(20-18-37-25-31-6-2-4-15-39-31)21-19-38-26-32-7-3-5-16-40-32/h2-13,15-16,22,24,36-38,41H,14,17-21,23,25-27H2,1H3. The molecule has 0 bridgehead atoms. The van der Waals surface area contributed by atoms with Gasteiger partial charge < -0.3 is 25.7 Å². The lowest BCUT2D eigenvalue weighted by atomic mass is 10.1. The van der Waals surface area contributed by atoms with Crippen LogP contribution in [0.1, 0.15) is 28.1 Å². The Hall–Kier alpha value is -4.08. The van der Waals surface area contributed by atoms with E-state index < -0.39 is 0 Å². The second-order valence-electron chi connectivity index (χ2n) is 10.7. The molecule has 0 aliphatic rings. The fourth-order valence-electron chi connectivity index (χ4n) is 5.16. The summed E-state index contributed by atoms with van der Waals surface area (Å²) in [7, 11) is 1.70. The van der Waals surface area contributed by atoms with E-state index in [4.69, 9.17) is 4.74 Å². The van der Waals surface area contributed by atoms with Crippen molar-refractivity contribution in [1.29, 1.82) is 0 Å². The van der Waals surface area contributed by atoms with Crippen LogP contribution >= 0.6 is 0 Å². The second kappa shape index (κ2) is 16.5. The first kappa shape index (κ1) is 30.4. The fourth-order valence-corrected chi connectivity index (χ4v) is 5.16. The van der Waals surface area contributed by atoms with Gasteiger partial charge in [0, 0.05) is 87.9 Å². The molecule has 43 heavy (non-hydrogen) atoms. The van der Waals surface area contributed by atoms with Gasteiger partial charge in [0.05, 0.1) is 18.5 Å². The number of pyridine rings is 2. The van der Waals surface area contributed by atoms with Crippen LogP contribution in [0.5, 0.6) is 5.75 Å². The Kier molecular flexibility index (Phi) is 11.7. The molecule has 224 valence electrons. The van der Waals surface area contributed by atoms with Crippen LogP contribution in [0.25, 0.3) is 10.9 Å². The maximum Gasteiger partial charge on any atom is 0.120 e. The molecule has 3 heterocycles. The topological polar surface area (TPSA) is 90.1 Å². The molecule has 0 aliphatic heterocycles. The van der Waals surface area contributed by atoms with Gasteiger partial charge >= 0.3 is 0 Å². The summed E-state index contributed by atoms with van der Waals surface area (Å²) < 4.78 is 5.34. The van der Waals surface area contributed by atoms with E-state index in [1.165, 1.54) is 22.1 Å². The van der Waals surface area contributed by atoms with Crippen molar-refractivity contribution in [2.75, 3.05) is 39.8 Å². The van der Waals surface area contributed by atoms with Gasteiger partial charge in [0.15, 0.2) is 0 Å². The van der Waals surface area contributed by atoms with Crippen molar-refractivity contribution in [3.05, 3.63) is 126 Å². The van der Waals surface area contributed by atoms with E-state index in [0.29, 0.717) is 0 Å². The summed E-state index contributed by atoms with van der Waals surface area (Å²) in [6.45, 7) is 7.98. The number of methoxy groups -OCH3 is 1. The summed E-state index contributed by atoms with van der Waals surface area (Å²) >= 11 is 0. The molecular formula is C35H43N7O. The molecular weight excluding hydrogens is 534 g/mol. The molecule has 8 heteroatoms. The predicted molar refractivity (Wildman–Crippen MR) is 174 cm³/mol. The van der Waals surface area contributed by atoms with Crippen molar-refractivity contribution in [3.8, 4) is 5.75 Å². The average molecular weight is 578 g/mol. The van der Waals surface area contributed by atoms with Crippen LogP contribution < -0.4 is 20.7 Å². The number of ether oxygens (including phenoxy) is 1. The van der Waals surface area contributed by atoms with Crippen molar-refractivity contribution in [2.45, 2.75) is 32.6 Å². The molecule has 8 nitrogen and oxygen atoms in total. The van der Waals surface area contributed by atoms with E-state index in [1.807, 2.05) is 48.8 Å². The average Bonchev–Trinajstić information content (AvgIpc) is 3.47. The molecule has 4 N–H and O–H groups in total. The Morgan fingerprint density at radius 2 is 1.37 bits per heavy atom. The monoisotopic (exact) mass is 577 g/mol. The van der Waals surface area contributed by atoms with Crippen molar-refractivity contribution in [2.24, 2.45) is 0 Å². The fraction of sp³-hybridized carbons (Fsp3) is 0.314. The Bertz CT molecular complexity index is 1440. The van der Waals surface area contributed by atoms with E-state index >= 15 is 0 Å². The number of hydrogen-bond donors (Lipinski definition) is 4. The minimum atomic E-state index is 0.781. The van der Waals surface area contributed by atoms with Gasteiger partial charge in [0.25, 0.3) is 0 Å². The zero-order valence-electron chi connectivity index (χ0n) is 25.1.